The summed E-state index contributed by atoms with van der Waals surface area (Å²) < 4.78 is 11.7. The van der Waals surface area contributed by atoms with Crippen LogP contribution in [0.25, 0.3) is 6.08 Å². The fourth-order valence-corrected chi connectivity index (χ4v) is 3.44. The summed E-state index contributed by atoms with van der Waals surface area (Å²) in [6.45, 7) is 0.832. The predicted octanol–water partition coefficient (Wildman–Crippen LogP) is 3.93. The number of amides is 1. The molecule has 0 saturated carbocycles. The van der Waals surface area contributed by atoms with E-state index in [-0.39, 0.29) is 11.6 Å². The molecule has 2 aromatic rings. The van der Waals surface area contributed by atoms with Gasteiger partial charge < -0.3 is 14.8 Å². The summed E-state index contributed by atoms with van der Waals surface area (Å²) in [5, 5.41) is 13.6. The monoisotopic (exact) mass is 416 g/mol. The number of ether oxygens (including phenoxy) is 2. The largest absolute Gasteiger partial charge is 0.493 e. The number of thioether (sulfide) groups is 1. The third-order valence-corrected chi connectivity index (χ3v) is 4.85. The first-order valence-electron chi connectivity index (χ1n) is 8.37. The molecule has 1 aliphatic rings. The zero-order valence-electron chi connectivity index (χ0n) is 14.6. The number of benzene rings is 2. The molecule has 0 atom stereocenters. The predicted molar refractivity (Wildman–Crippen MR) is 111 cm³/mol. The molecule has 28 heavy (non-hydrogen) atoms. The van der Waals surface area contributed by atoms with Crippen molar-refractivity contribution in [3.63, 3.8) is 0 Å². The second kappa shape index (κ2) is 9.34. The Morgan fingerprint density at radius 3 is 2.57 bits per heavy atom. The van der Waals surface area contributed by atoms with Gasteiger partial charge in [-0.05, 0) is 24.3 Å². The van der Waals surface area contributed by atoms with E-state index in [4.69, 9.17) is 21.7 Å². The van der Waals surface area contributed by atoms with Crippen LogP contribution in [-0.4, -0.2) is 28.4 Å². The number of nitro benzene ring substituents is 1. The zero-order chi connectivity index (χ0) is 19.9. The van der Waals surface area contributed by atoms with Crippen molar-refractivity contribution in [3.8, 4) is 11.5 Å². The van der Waals surface area contributed by atoms with Crippen molar-refractivity contribution in [1.29, 1.82) is 0 Å². The van der Waals surface area contributed by atoms with Gasteiger partial charge in [-0.25, -0.2) is 0 Å². The molecule has 1 saturated heterocycles. The summed E-state index contributed by atoms with van der Waals surface area (Å²) in [6, 6.07) is 13.7. The molecule has 0 bridgehead atoms. The van der Waals surface area contributed by atoms with E-state index < -0.39 is 4.92 Å². The lowest BCUT2D eigenvalue weighted by Crippen LogP contribution is -2.17. The smallest absolute Gasteiger partial charge is 0.270 e. The highest BCUT2D eigenvalue weighted by molar-refractivity contribution is 8.26. The maximum Gasteiger partial charge on any atom is 0.270 e. The number of nitro groups is 1. The molecule has 1 N–H and O–H groups in total. The number of para-hydroxylation sites is 1. The molecule has 0 radical (unpaired) electrons. The van der Waals surface area contributed by atoms with Gasteiger partial charge in [0, 0.05) is 24.1 Å². The Bertz CT molecular complexity index is 931. The van der Waals surface area contributed by atoms with Gasteiger partial charge in [0.05, 0.1) is 23.0 Å². The first-order valence-corrected chi connectivity index (χ1v) is 9.59. The number of hydrogen-bond acceptors (Lipinski definition) is 7. The lowest BCUT2D eigenvalue weighted by Gasteiger charge is -2.10. The summed E-state index contributed by atoms with van der Waals surface area (Å²) in [7, 11) is 0. The van der Waals surface area contributed by atoms with Crippen LogP contribution in [0.3, 0.4) is 0 Å². The highest BCUT2D eigenvalue weighted by atomic mass is 32.2. The number of nitrogens with one attached hydrogen (secondary N) is 1. The van der Waals surface area contributed by atoms with Gasteiger partial charge in [0.15, 0.2) is 0 Å². The van der Waals surface area contributed by atoms with E-state index in [9.17, 15) is 14.9 Å². The topological polar surface area (TPSA) is 90.7 Å². The van der Waals surface area contributed by atoms with E-state index in [2.05, 4.69) is 5.32 Å². The molecule has 1 fully saturated rings. The third kappa shape index (κ3) is 5.30. The van der Waals surface area contributed by atoms with Crippen LogP contribution in [0, 0.1) is 10.1 Å². The Hall–Kier alpha value is -2.91. The molecular formula is C19H16N2O5S2. The number of nitrogens with zero attached hydrogens (tertiary/aromatic N) is 1. The Morgan fingerprint density at radius 1 is 1.14 bits per heavy atom. The van der Waals surface area contributed by atoms with Gasteiger partial charge in [0.2, 0.25) is 0 Å². The van der Waals surface area contributed by atoms with E-state index in [1.807, 2.05) is 30.3 Å². The summed E-state index contributed by atoms with van der Waals surface area (Å²) in [4.78, 5) is 22.8. The number of carbonyl (C=O) groups is 1. The molecule has 1 amide bonds. The summed E-state index contributed by atoms with van der Waals surface area (Å²) in [5.74, 6) is 0.899. The Balaban J connectivity index is 1.66. The second-order valence-electron chi connectivity index (χ2n) is 5.70. The molecule has 1 aliphatic heterocycles. The molecule has 0 aromatic heterocycles. The maximum absolute atomic E-state index is 11.9. The molecular weight excluding hydrogens is 400 g/mol. The normalized spacial score (nSPS) is 14.8. The first-order chi connectivity index (χ1) is 13.5. The minimum Gasteiger partial charge on any atom is -0.493 e. The molecule has 2 aromatic carbocycles. The number of non-ortho nitro benzene ring substituents is 1. The van der Waals surface area contributed by atoms with Crippen LogP contribution in [0.4, 0.5) is 5.69 Å². The summed E-state index contributed by atoms with van der Waals surface area (Å²) >= 11 is 6.07. The van der Waals surface area contributed by atoms with Crippen molar-refractivity contribution in [1.82, 2.24) is 5.32 Å². The van der Waals surface area contributed by atoms with Crippen LogP contribution in [0.1, 0.15) is 12.0 Å². The molecule has 7 nitrogen and oxygen atoms in total. The molecule has 1 heterocycles. The molecule has 0 aliphatic carbocycles. The summed E-state index contributed by atoms with van der Waals surface area (Å²) in [5.41, 5.74) is 0.359. The van der Waals surface area contributed by atoms with Crippen molar-refractivity contribution in [2.45, 2.75) is 6.42 Å². The standard InChI is InChI=1S/C19H16N2O5S2/c22-18-17(28-19(27)20-18)12-13-11-14(21(23)24)7-8-16(13)26-10-4-9-25-15-5-2-1-3-6-15/h1-3,5-8,11-12H,4,9-10H2,(H,20,22,27)/b17-12+. The van der Waals surface area contributed by atoms with Gasteiger partial charge in [0.1, 0.15) is 15.8 Å². The average molecular weight is 416 g/mol. The second-order valence-corrected chi connectivity index (χ2v) is 7.41. The van der Waals surface area contributed by atoms with E-state index in [0.717, 1.165) is 17.5 Å². The fraction of sp³-hybridized carbons (Fsp3) is 0.158. The quantitative estimate of drug-likeness (QED) is 0.229. The Morgan fingerprint density at radius 2 is 1.89 bits per heavy atom. The lowest BCUT2D eigenvalue weighted by molar-refractivity contribution is -0.384. The third-order valence-electron chi connectivity index (χ3n) is 3.69. The molecule has 3 rings (SSSR count). The lowest BCUT2D eigenvalue weighted by atomic mass is 10.1. The van der Waals surface area contributed by atoms with E-state index >= 15 is 0 Å². The number of hydrogen-bond donors (Lipinski definition) is 1. The average Bonchev–Trinajstić information content (AvgIpc) is 3.00. The Labute approximate surface area is 170 Å². The highest BCUT2D eigenvalue weighted by Crippen LogP contribution is 2.31. The Kier molecular flexibility index (Phi) is 6.62. The van der Waals surface area contributed by atoms with Crippen LogP contribution < -0.4 is 14.8 Å². The SMILES string of the molecule is O=C1NC(=S)S/C1=C/c1cc([N+](=O)[O-])ccc1OCCCOc1ccccc1. The van der Waals surface area contributed by atoms with Crippen molar-refractivity contribution in [2.75, 3.05) is 13.2 Å². The van der Waals surface area contributed by atoms with Gasteiger partial charge >= 0.3 is 0 Å². The minimum atomic E-state index is -0.494. The van der Waals surface area contributed by atoms with Crippen LogP contribution in [0.15, 0.2) is 53.4 Å². The van der Waals surface area contributed by atoms with Crippen LogP contribution in [-0.2, 0) is 4.79 Å². The van der Waals surface area contributed by atoms with E-state index in [1.54, 1.807) is 6.08 Å². The number of thiocarbonyl (C=S) groups is 1. The molecule has 0 spiro atoms. The first kappa shape index (κ1) is 19.8. The van der Waals surface area contributed by atoms with Gasteiger partial charge in [0.25, 0.3) is 11.6 Å². The van der Waals surface area contributed by atoms with Gasteiger partial charge in [-0.3, -0.25) is 14.9 Å². The molecule has 0 unspecified atom stereocenters. The minimum absolute atomic E-state index is 0.0856. The number of rotatable bonds is 8. The van der Waals surface area contributed by atoms with Crippen molar-refractivity contribution in [2.24, 2.45) is 0 Å². The van der Waals surface area contributed by atoms with Gasteiger partial charge in [-0.2, -0.15) is 0 Å². The van der Waals surface area contributed by atoms with Gasteiger partial charge in [-0.1, -0.05) is 42.2 Å². The van der Waals surface area contributed by atoms with E-state index in [1.165, 1.54) is 18.2 Å². The molecule has 9 heteroatoms. The van der Waals surface area contributed by atoms with Crippen LogP contribution >= 0.6 is 24.0 Å². The van der Waals surface area contributed by atoms with Crippen LogP contribution in [0.5, 0.6) is 11.5 Å². The molecule has 144 valence electrons. The maximum atomic E-state index is 11.9. The van der Waals surface area contributed by atoms with Crippen LogP contribution in [0.2, 0.25) is 0 Å². The van der Waals surface area contributed by atoms with Gasteiger partial charge in [-0.15, -0.1) is 0 Å². The summed E-state index contributed by atoms with van der Waals surface area (Å²) in [6.07, 6.45) is 2.17. The number of carbonyl (C=O) groups excluding carboxylic acids is 1. The fourth-order valence-electron chi connectivity index (χ4n) is 2.40. The van der Waals surface area contributed by atoms with Crippen molar-refractivity contribution in [3.05, 3.63) is 69.1 Å². The van der Waals surface area contributed by atoms with Crippen molar-refractivity contribution < 1.29 is 19.2 Å². The van der Waals surface area contributed by atoms with Crippen molar-refractivity contribution >= 4 is 46.0 Å². The van der Waals surface area contributed by atoms with E-state index in [0.29, 0.717) is 40.2 Å². The zero-order valence-corrected chi connectivity index (χ0v) is 16.3. The highest BCUT2D eigenvalue weighted by Gasteiger charge is 2.23.